The van der Waals surface area contributed by atoms with Gasteiger partial charge in [0.05, 0.1) is 13.2 Å². The van der Waals surface area contributed by atoms with Crippen LogP contribution in [0.5, 0.6) is 11.5 Å². The molecule has 1 aliphatic heterocycles. The molecule has 6 heteroatoms. The fraction of sp³-hybridized carbons (Fsp3) is 0.235. The third-order valence-corrected chi connectivity index (χ3v) is 3.59. The fourth-order valence-corrected chi connectivity index (χ4v) is 2.51. The summed E-state index contributed by atoms with van der Waals surface area (Å²) < 4.78 is 24.0. The summed E-state index contributed by atoms with van der Waals surface area (Å²) in [5.41, 5.74) is 1.38. The average molecular weight is 316 g/mol. The van der Waals surface area contributed by atoms with E-state index in [-0.39, 0.29) is 6.04 Å². The highest BCUT2D eigenvalue weighted by Gasteiger charge is 2.22. The molecule has 0 unspecified atom stereocenters. The lowest BCUT2D eigenvalue weighted by Crippen LogP contribution is -2.44. The minimum atomic E-state index is -0.398. The minimum absolute atomic E-state index is 0.164. The number of anilines is 1. The van der Waals surface area contributed by atoms with Crippen LogP contribution in [0.2, 0.25) is 0 Å². The Kier molecular flexibility index (Phi) is 4.32. The van der Waals surface area contributed by atoms with Crippen LogP contribution in [0, 0.1) is 5.82 Å². The molecule has 3 rings (SSSR count). The first-order chi connectivity index (χ1) is 11.1. The van der Waals surface area contributed by atoms with E-state index in [1.165, 1.54) is 18.2 Å². The predicted octanol–water partition coefficient (Wildman–Crippen LogP) is 2.96. The van der Waals surface area contributed by atoms with Gasteiger partial charge in [-0.05, 0) is 48.4 Å². The van der Waals surface area contributed by atoms with Crippen LogP contribution >= 0.6 is 0 Å². The van der Waals surface area contributed by atoms with Crippen molar-refractivity contribution in [3.63, 3.8) is 0 Å². The Morgan fingerprint density at radius 2 is 2.17 bits per heavy atom. The van der Waals surface area contributed by atoms with Crippen molar-refractivity contribution >= 4 is 11.7 Å². The predicted molar refractivity (Wildman–Crippen MR) is 84.5 cm³/mol. The van der Waals surface area contributed by atoms with Gasteiger partial charge < -0.3 is 20.1 Å². The highest BCUT2D eigenvalue weighted by atomic mass is 19.1. The smallest absolute Gasteiger partial charge is 0.319 e. The number of rotatable bonds is 3. The van der Waals surface area contributed by atoms with Gasteiger partial charge in [-0.2, -0.15) is 0 Å². The summed E-state index contributed by atoms with van der Waals surface area (Å²) in [5.74, 6) is 1.15. The summed E-state index contributed by atoms with van der Waals surface area (Å²) in [5, 5.41) is 5.43. The minimum Gasteiger partial charge on any atom is -0.497 e. The van der Waals surface area contributed by atoms with E-state index in [0.717, 1.165) is 17.1 Å². The number of fused-ring (bicyclic) bond motifs is 1. The zero-order valence-corrected chi connectivity index (χ0v) is 12.6. The normalized spacial score (nSPS) is 16.0. The number of ether oxygens (including phenoxy) is 2. The molecule has 0 saturated heterocycles. The molecule has 0 bridgehead atoms. The molecule has 0 aliphatic carbocycles. The van der Waals surface area contributed by atoms with E-state index >= 15 is 0 Å². The number of benzene rings is 2. The first-order valence-corrected chi connectivity index (χ1v) is 7.27. The molecule has 2 aromatic rings. The van der Waals surface area contributed by atoms with Crippen LogP contribution in [0.1, 0.15) is 5.56 Å². The van der Waals surface area contributed by atoms with Gasteiger partial charge in [-0.1, -0.05) is 6.07 Å². The molecule has 0 spiro atoms. The second kappa shape index (κ2) is 6.56. The molecule has 0 fully saturated rings. The lowest BCUT2D eigenvalue weighted by atomic mass is 10.0. The van der Waals surface area contributed by atoms with E-state index in [0.29, 0.717) is 18.7 Å². The Morgan fingerprint density at radius 1 is 1.30 bits per heavy atom. The maximum atomic E-state index is 13.1. The highest BCUT2D eigenvalue weighted by molar-refractivity contribution is 5.89. The van der Waals surface area contributed by atoms with E-state index < -0.39 is 11.8 Å². The summed E-state index contributed by atoms with van der Waals surface area (Å²) in [6.45, 7) is 0.385. The molecule has 0 saturated carbocycles. The number of urea groups is 1. The van der Waals surface area contributed by atoms with Gasteiger partial charge in [0, 0.05) is 5.69 Å². The lowest BCUT2D eigenvalue weighted by Gasteiger charge is -2.26. The van der Waals surface area contributed by atoms with E-state index in [1.54, 1.807) is 13.2 Å². The van der Waals surface area contributed by atoms with Crippen molar-refractivity contribution in [2.45, 2.75) is 12.5 Å². The van der Waals surface area contributed by atoms with E-state index in [4.69, 9.17) is 9.47 Å². The van der Waals surface area contributed by atoms with Gasteiger partial charge in [-0.15, -0.1) is 0 Å². The number of hydrogen-bond donors (Lipinski definition) is 2. The van der Waals surface area contributed by atoms with Crippen molar-refractivity contribution in [1.82, 2.24) is 5.32 Å². The quantitative estimate of drug-likeness (QED) is 0.915. The largest absolute Gasteiger partial charge is 0.497 e. The van der Waals surface area contributed by atoms with Gasteiger partial charge in [0.2, 0.25) is 0 Å². The Hall–Kier alpha value is -2.76. The van der Waals surface area contributed by atoms with E-state index in [9.17, 15) is 9.18 Å². The van der Waals surface area contributed by atoms with Crippen LogP contribution in [0.15, 0.2) is 42.5 Å². The Balaban J connectivity index is 1.61. The van der Waals surface area contributed by atoms with Gasteiger partial charge in [-0.25, -0.2) is 9.18 Å². The van der Waals surface area contributed by atoms with Gasteiger partial charge in [0.15, 0.2) is 0 Å². The molecule has 0 aromatic heterocycles. The lowest BCUT2D eigenvalue weighted by molar-refractivity contribution is 0.222. The van der Waals surface area contributed by atoms with Crippen molar-refractivity contribution in [3.05, 3.63) is 53.8 Å². The molecule has 120 valence electrons. The summed E-state index contributed by atoms with van der Waals surface area (Å²) in [6.07, 6.45) is 0.642. The summed E-state index contributed by atoms with van der Waals surface area (Å²) in [7, 11) is 1.60. The first-order valence-electron chi connectivity index (χ1n) is 7.27. The summed E-state index contributed by atoms with van der Waals surface area (Å²) >= 11 is 0. The van der Waals surface area contributed by atoms with E-state index in [1.807, 2.05) is 18.2 Å². The van der Waals surface area contributed by atoms with Crippen molar-refractivity contribution in [3.8, 4) is 11.5 Å². The number of carbonyl (C=O) groups is 1. The Bertz CT molecular complexity index is 721. The molecular formula is C17H17FN2O3. The molecule has 1 aliphatic rings. The highest BCUT2D eigenvalue weighted by Crippen LogP contribution is 2.28. The molecule has 1 heterocycles. The zero-order valence-electron chi connectivity index (χ0n) is 12.6. The van der Waals surface area contributed by atoms with Crippen molar-refractivity contribution < 1.29 is 18.7 Å². The molecule has 5 nitrogen and oxygen atoms in total. The van der Waals surface area contributed by atoms with Crippen molar-refractivity contribution in [2.75, 3.05) is 19.0 Å². The Labute approximate surface area is 133 Å². The second-order valence-electron chi connectivity index (χ2n) is 5.29. The molecular weight excluding hydrogens is 299 g/mol. The molecule has 1 atom stereocenters. The SMILES string of the molecule is COc1ccc2c(c1)C[C@H](NC(=O)Nc1cccc(F)c1)CO2. The van der Waals surface area contributed by atoms with Crippen LogP contribution in [-0.4, -0.2) is 25.8 Å². The number of carbonyl (C=O) groups excluding carboxylic acids is 1. The van der Waals surface area contributed by atoms with Gasteiger partial charge in [-0.3, -0.25) is 0 Å². The monoisotopic (exact) mass is 316 g/mol. The third kappa shape index (κ3) is 3.71. The second-order valence-corrected chi connectivity index (χ2v) is 5.29. The van der Waals surface area contributed by atoms with Crippen molar-refractivity contribution in [1.29, 1.82) is 0 Å². The Morgan fingerprint density at radius 3 is 2.96 bits per heavy atom. The number of amides is 2. The number of halogens is 1. The molecule has 0 radical (unpaired) electrons. The molecule has 2 aromatic carbocycles. The maximum absolute atomic E-state index is 13.1. The topological polar surface area (TPSA) is 59.6 Å². The standard InChI is InChI=1S/C17H17FN2O3/c1-22-15-5-6-16-11(8-15)7-14(10-23-16)20-17(21)19-13-4-2-3-12(18)9-13/h2-6,8-9,14H,7,10H2,1H3,(H2,19,20,21)/t14-/m0/s1. The van der Waals surface area contributed by atoms with Gasteiger partial charge in [0.25, 0.3) is 0 Å². The van der Waals surface area contributed by atoms with Crippen LogP contribution in [0.4, 0.5) is 14.9 Å². The number of methoxy groups -OCH3 is 1. The number of hydrogen-bond acceptors (Lipinski definition) is 3. The first kappa shape index (κ1) is 15.1. The van der Waals surface area contributed by atoms with Crippen LogP contribution in [0.25, 0.3) is 0 Å². The zero-order chi connectivity index (χ0) is 16.2. The van der Waals surface area contributed by atoms with Crippen LogP contribution in [0.3, 0.4) is 0 Å². The average Bonchev–Trinajstić information content (AvgIpc) is 2.54. The summed E-state index contributed by atoms with van der Waals surface area (Å²) in [6, 6.07) is 10.8. The summed E-state index contributed by atoms with van der Waals surface area (Å²) in [4.78, 5) is 12.0. The molecule has 23 heavy (non-hydrogen) atoms. The van der Waals surface area contributed by atoms with Gasteiger partial charge in [0.1, 0.15) is 23.9 Å². The fourth-order valence-electron chi connectivity index (χ4n) is 2.51. The van der Waals surface area contributed by atoms with Crippen LogP contribution < -0.4 is 20.1 Å². The third-order valence-electron chi connectivity index (χ3n) is 3.59. The molecule has 2 N–H and O–H groups in total. The van der Waals surface area contributed by atoms with E-state index in [2.05, 4.69) is 10.6 Å². The van der Waals surface area contributed by atoms with Crippen molar-refractivity contribution in [2.24, 2.45) is 0 Å². The maximum Gasteiger partial charge on any atom is 0.319 e. The number of nitrogens with one attached hydrogen (secondary N) is 2. The molecule has 2 amide bonds. The van der Waals surface area contributed by atoms with Gasteiger partial charge >= 0.3 is 6.03 Å². The van der Waals surface area contributed by atoms with Crippen LogP contribution in [-0.2, 0) is 6.42 Å².